The molecule has 1 aromatic heterocycles. The fraction of sp³-hybridized carbons (Fsp3) is 0.288. The summed E-state index contributed by atoms with van der Waals surface area (Å²) in [7, 11) is 0. The Labute approximate surface area is 365 Å². The molecule has 2 unspecified atom stereocenters. The van der Waals surface area contributed by atoms with E-state index < -0.39 is 0 Å². The first-order chi connectivity index (χ1) is 29.6. The van der Waals surface area contributed by atoms with Gasteiger partial charge in [0.15, 0.2) is 0 Å². The number of hydrogen-bond donors (Lipinski definition) is 0. The van der Waals surface area contributed by atoms with Crippen LogP contribution in [0.2, 0.25) is 0 Å². The Kier molecular flexibility index (Phi) is 7.47. The molecule has 2 heteroatoms. The molecule has 1 spiro atoms. The second kappa shape index (κ2) is 12.6. The van der Waals surface area contributed by atoms with E-state index in [-0.39, 0.29) is 16.2 Å². The molecular formula is C59H53NS. The highest BCUT2D eigenvalue weighted by atomic mass is 32.1. The summed E-state index contributed by atoms with van der Waals surface area (Å²) in [4.78, 5) is 2.62. The van der Waals surface area contributed by atoms with Crippen LogP contribution >= 0.6 is 11.3 Å². The summed E-state index contributed by atoms with van der Waals surface area (Å²) in [5.74, 6) is 3.58. The fourth-order valence-corrected chi connectivity index (χ4v) is 15.9. The third-order valence-corrected chi connectivity index (χ3v) is 18.1. The van der Waals surface area contributed by atoms with Gasteiger partial charge in [0.1, 0.15) is 0 Å². The third-order valence-electron chi connectivity index (χ3n) is 16.9. The first-order valence-corrected chi connectivity index (χ1v) is 23.8. The van der Waals surface area contributed by atoms with Crippen molar-refractivity contribution in [2.75, 3.05) is 4.90 Å². The van der Waals surface area contributed by atoms with E-state index in [1.165, 1.54) is 96.3 Å². The molecule has 8 aromatic rings. The average Bonchev–Trinajstić information content (AvgIpc) is 3.97. The average molecular weight is 808 g/mol. The molecule has 300 valence electrons. The first kappa shape index (κ1) is 36.2. The molecule has 0 radical (unpaired) electrons. The second-order valence-corrected chi connectivity index (χ2v) is 21.7. The van der Waals surface area contributed by atoms with E-state index in [4.69, 9.17) is 0 Å². The molecule has 6 atom stereocenters. The van der Waals surface area contributed by atoms with Gasteiger partial charge in [0, 0.05) is 53.5 Å². The Morgan fingerprint density at radius 1 is 0.492 bits per heavy atom. The zero-order valence-electron chi connectivity index (χ0n) is 36.0. The molecule has 7 aromatic carbocycles. The largest absolute Gasteiger partial charge is 0.310 e. The van der Waals surface area contributed by atoms with Crippen LogP contribution in [0.25, 0.3) is 42.4 Å². The molecule has 5 aliphatic rings. The second-order valence-electron chi connectivity index (χ2n) is 20.6. The molecule has 1 heterocycles. The van der Waals surface area contributed by atoms with E-state index in [2.05, 4.69) is 191 Å². The maximum absolute atomic E-state index is 2.73. The van der Waals surface area contributed by atoms with E-state index in [0.29, 0.717) is 5.92 Å². The normalized spacial score (nSPS) is 25.7. The number of hydrogen-bond acceptors (Lipinski definition) is 2. The highest BCUT2D eigenvalue weighted by Gasteiger charge is 2.68. The number of rotatable bonds is 4. The molecule has 1 nitrogen and oxygen atoms in total. The molecule has 0 saturated heterocycles. The van der Waals surface area contributed by atoms with Crippen LogP contribution in [0.5, 0.6) is 0 Å². The summed E-state index contributed by atoms with van der Waals surface area (Å²) in [5, 5.41) is 2.69. The van der Waals surface area contributed by atoms with Gasteiger partial charge in [-0.25, -0.2) is 0 Å². The van der Waals surface area contributed by atoms with Crippen molar-refractivity contribution in [2.24, 2.45) is 23.7 Å². The van der Waals surface area contributed by atoms with Crippen molar-refractivity contribution < 1.29 is 0 Å². The van der Waals surface area contributed by atoms with Crippen molar-refractivity contribution in [1.82, 2.24) is 0 Å². The third kappa shape index (κ3) is 4.78. The summed E-state index contributed by atoms with van der Waals surface area (Å²) in [6, 6.07) is 59.0. The van der Waals surface area contributed by atoms with Crippen LogP contribution in [0.1, 0.15) is 99.6 Å². The van der Waals surface area contributed by atoms with Crippen molar-refractivity contribution in [3.63, 3.8) is 0 Å². The molecule has 3 saturated carbocycles. The van der Waals surface area contributed by atoms with Gasteiger partial charge in [-0.05, 0) is 153 Å². The minimum absolute atomic E-state index is 0.0966. The SMILES string of the molecule is C[C@H]1C[C@@H]2C[C@@H]3C[C@H](C1)C21c2cc(N(c4cccc(-c5cccc6c5sc5ccccc56)c4)c4ccc5c(c4)C(C)(C)c4ccccc4-5)ccc2C(C)(C)c2ccccc2C31. The lowest BCUT2D eigenvalue weighted by molar-refractivity contribution is 0.0822. The van der Waals surface area contributed by atoms with E-state index in [1.54, 1.807) is 22.3 Å². The van der Waals surface area contributed by atoms with Crippen LogP contribution in [0.4, 0.5) is 17.1 Å². The van der Waals surface area contributed by atoms with Gasteiger partial charge >= 0.3 is 0 Å². The van der Waals surface area contributed by atoms with Crippen molar-refractivity contribution >= 4 is 48.6 Å². The van der Waals surface area contributed by atoms with Crippen LogP contribution in [-0.4, -0.2) is 0 Å². The zero-order valence-corrected chi connectivity index (χ0v) is 36.8. The molecule has 0 aliphatic heterocycles. The molecule has 61 heavy (non-hydrogen) atoms. The number of fused-ring (bicyclic) bond motifs is 8. The van der Waals surface area contributed by atoms with Crippen LogP contribution in [0.15, 0.2) is 152 Å². The van der Waals surface area contributed by atoms with Gasteiger partial charge in [-0.2, -0.15) is 0 Å². The molecule has 0 N–H and O–H groups in total. The number of nitrogens with zero attached hydrogens (tertiary/aromatic N) is 1. The summed E-state index contributed by atoms with van der Waals surface area (Å²) >= 11 is 1.92. The monoisotopic (exact) mass is 807 g/mol. The summed E-state index contributed by atoms with van der Waals surface area (Å²) in [5.41, 5.74) is 18.2. The first-order valence-electron chi connectivity index (χ1n) is 22.9. The van der Waals surface area contributed by atoms with E-state index in [9.17, 15) is 0 Å². The molecule has 3 fully saturated rings. The maximum Gasteiger partial charge on any atom is 0.0467 e. The predicted octanol–water partition coefficient (Wildman–Crippen LogP) is 16.2. The van der Waals surface area contributed by atoms with Crippen LogP contribution < -0.4 is 4.90 Å². The fourth-order valence-electron chi connectivity index (χ4n) is 14.6. The van der Waals surface area contributed by atoms with Crippen LogP contribution in [-0.2, 0) is 16.2 Å². The molecule has 5 aliphatic carbocycles. The van der Waals surface area contributed by atoms with Crippen molar-refractivity contribution in [3.05, 3.63) is 185 Å². The van der Waals surface area contributed by atoms with E-state index >= 15 is 0 Å². The summed E-state index contributed by atoms with van der Waals surface area (Å²) in [6.07, 6.45) is 5.45. The quantitative estimate of drug-likeness (QED) is 0.171. The van der Waals surface area contributed by atoms with E-state index in [1.807, 2.05) is 11.3 Å². The van der Waals surface area contributed by atoms with Gasteiger partial charge in [-0.15, -0.1) is 11.3 Å². The summed E-state index contributed by atoms with van der Waals surface area (Å²) < 4.78 is 2.71. The Morgan fingerprint density at radius 2 is 1.11 bits per heavy atom. The van der Waals surface area contributed by atoms with Crippen molar-refractivity contribution in [1.29, 1.82) is 0 Å². The standard InChI is InChI=1S/C59H53NS/c1-35-28-38-30-37-31-39(29-35)59(38)53-34-42(25-27-51(53)57(2,3)50-22-10-7-18-48(50)55(37)59)60(41-24-26-45-44-16-6-9-21-49(44)58(4,5)52(45)33-41)40-15-12-14-36(32-40)43-19-13-20-47-46-17-8-11-23-54(46)61-56(43)47/h6-27,32-35,37-39,55H,28-31H2,1-5H3/t35-,37+,38+,39-,55?,59?. The maximum atomic E-state index is 2.73. The van der Waals surface area contributed by atoms with Gasteiger partial charge in [0.05, 0.1) is 0 Å². The number of anilines is 3. The molecule has 2 bridgehead atoms. The smallest absolute Gasteiger partial charge is 0.0467 e. The van der Waals surface area contributed by atoms with Gasteiger partial charge in [0.25, 0.3) is 0 Å². The predicted molar refractivity (Wildman–Crippen MR) is 258 cm³/mol. The Morgan fingerprint density at radius 3 is 1.95 bits per heavy atom. The van der Waals surface area contributed by atoms with Gasteiger partial charge in [0.2, 0.25) is 0 Å². The Bertz CT molecular complexity index is 3110. The number of benzene rings is 7. The topological polar surface area (TPSA) is 3.24 Å². The highest BCUT2D eigenvalue weighted by molar-refractivity contribution is 7.26. The van der Waals surface area contributed by atoms with E-state index in [0.717, 1.165) is 23.7 Å². The van der Waals surface area contributed by atoms with Gasteiger partial charge in [-0.1, -0.05) is 144 Å². The molecular weight excluding hydrogens is 755 g/mol. The minimum Gasteiger partial charge on any atom is -0.310 e. The van der Waals surface area contributed by atoms with Gasteiger partial charge < -0.3 is 4.90 Å². The number of thiophene rings is 1. The minimum atomic E-state index is -0.0983. The lowest BCUT2D eigenvalue weighted by Crippen LogP contribution is -2.46. The van der Waals surface area contributed by atoms with Crippen LogP contribution in [0, 0.1) is 23.7 Å². The summed E-state index contributed by atoms with van der Waals surface area (Å²) in [6.45, 7) is 12.4. The molecule has 0 amide bonds. The van der Waals surface area contributed by atoms with Crippen molar-refractivity contribution in [2.45, 2.75) is 82.5 Å². The Balaban J connectivity index is 1.05. The van der Waals surface area contributed by atoms with Crippen molar-refractivity contribution in [3.8, 4) is 22.3 Å². The lowest BCUT2D eigenvalue weighted by atomic mass is 9.53. The molecule has 13 rings (SSSR count). The van der Waals surface area contributed by atoms with Crippen LogP contribution in [0.3, 0.4) is 0 Å². The highest BCUT2D eigenvalue weighted by Crippen LogP contribution is 2.75. The van der Waals surface area contributed by atoms with Gasteiger partial charge in [-0.3, -0.25) is 0 Å². The lowest BCUT2D eigenvalue weighted by Gasteiger charge is -2.51. The Hall–Kier alpha value is -5.44. The zero-order chi connectivity index (χ0) is 41.0.